The number of nitrogens with zero attached hydrogens (tertiary/aromatic N) is 1. The zero-order valence-corrected chi connectivity index (χ0v) is 8.56. The molecule has 0 heterocycles. The van der Waals surface area contributed by atoms with Crippen LogP contribution in [0.3, 0.4) is 0 Å². The minimum Gasteiger partial charge on any atom is -0.465 e. The highest BCUT2D eigenvalue weighted by Crippen LogP contribution is 2.19. The van der Waals surface area contributed by atoms with Crippen molar-refractivity contribution >= 4 is 17.7 Å². The van der Waals surface area contributed by atoms with Gasteiger partial charge in [0.25, 0.3) is 0 Å². The number of nitrogens with two attached hydrogens (primary N) is 1. The molecule has 1 aromatic carbocycles. The van der Waals surface area contributed by atoms with Gasteiger partial charge in [0.05, 0.1) is 18.4 Å². The van der Waals surface area contributed by atoms with Crippen molar-refractivity contribution in [2.45, 2.75) is 0 Å². The van der Waals surface area contributed by atoms with Gasteiger partial charge in [0.15, 0.2) is 0 Å². The van der Waals surface area contributed by atoms with E-state index in [-0.39, 0.29) is 0 Å². The Labute approximate surface area is 87.4 Å². The lowest BCUT2D eigenvalue weighted by atomic mass is 10.1. The molecule has 0 aliphatic heterocycles. The van der Waals surface area contributed by atoms with Gasteiger partial charge in [0, 0.05) is 7.05 Å². The monoisotopic (exact) mass is 208 g/mol. The number of rotatable bonds is 2. The minimum absolute atomic E-state index is 0.307. The van der Waals surface area contributed by atoms with Crippen molar-refractivity contribution in [1.29, 1.82) is 0 Å². The molecule has 1 aromatic rings. The van der Waals surface area contributed by atoms with E-state index in [4.69, 9.17) is 5.73 Å². The number of esters is 1. The highest BCUT2D eigenvalue weighted by molar-refractivity contribution is 6.01. The maximum absolute atomic E-state index is 11.4. The van der Waals surface area contributed by atoms with Crippen molar-refractivity contribution in [3.05, 3.63) is 29.8 Å². The summed E-state index contributed by atoms with van der Waals surface area (Å²) in [5, 5.41) is 0. The van der Waals surface area contributed by atoms with Crippen molar-refractivity contribution in [2.24, 2.45) is 5.73 Å². The van der Waals surface area contributed by atoms with Crippen molar-refractivity contribution in [3.8, 4) is 0 Å². The lowest BCUT2D eigenvalue weighted by Crippen LogP contribution is -2.33. The molecule has 2 amide bonds. The second kappa shape index (κ2) is 4.45. The van der Waals surface area contributed by atoms with Crippen LogP contribution in [0.15, 0.2) is 24.3 Å². The molecule has 5 nitrogen and oxygen atoms in total. The van der Waals surface area contributed by atoms with Gasteiger partial charge in [0.2, 0.25) is 0 Å². The van der Waals surface area contributed by atoms with E-state index in [9.17, 15) is 9.59 Å². The van der Waals surface area contributed by atoms with Crippen LogP contribution in [0.5, 0.6) is 0 Å². The number of hydrogen-bond donors (Lipinski definition) is 1. The average molecular weight is 208 g/mol. The fraction of sp³-hybridized carbons (Fsp3) is 0.200. The van der Waals surface area contributed by atoms with Crippen molar-refractivity contribution < 1.29 is 14.3 Å². The van der Waals surface area contributed by atoms with Crippen LogP contribution < -0.4 is 10.6 Å². The molecule has 15 heavy (non-hydrogen) atoms. The number of anilines is 1. The Kier molecular flexibility index (Phi) is 3.28. The average Bonchev–Trinajstić information content (AvgIpc) is 2.27. The molecule has 0 aromatic heterocycles. The number of ether oxygens (including phenoxy) is 1. The summed E-state index contributed by atoms with van der Waals surface area (Å²) in [6.45, 7) is 0. The summed E-state index contributed by atoms with van der Waals surface area (Å²) >= 11 is 0. The molecule has 80 valence electrons. The Bertz CT molecular complexity index is 390. The van der Waals surface area contributed by atoms with Crippen LogP contribution in [-0.2, 0) is 4.74 Å². The summed E-state index contributed by atoms with van der Waals surface area (Å²) in [7, 11) is 2.77. The maximum Gasteiger partial charge on any atom is 0.339 e. The van der Waals surface area contributed by atoms with Gasteiger partial charge in [-0.05, 0) is 12.1 Å². The van der Waals surface area contributed by atoms with E-state index < -0.39 is 12.0 Å². The highest BCUT2D eigenvalue weighted by Gasteiger charge is 2.16. The molecule has 0 atom stereocenters. The fourth-order valence-corrected chi connectivity index (χ4v) is 1.17. The van der Waals surface area contributed by atoms with Crippen molar-refractivity contribution in [3.63, 3.8) is 0 Å². The first-order valence-electron chi connectivity index (χ1n) is 4.28. The molecule has 0 saturated heterocycles. The molecule has 0 fully saturated rings. The number of methoxy groups -OCH3 is 1. The lowest BCUT2D eigenvalue weighted by molar-refractivity contribution is 0.0601. The van der Waals surface area contributed by atoms with Crippen LogP contribution >= 0.6 is 0 Å². The van der Waals surface area contributed by atoms with E-state index in [1.165, 1.54) is 19.1 Å². The van der Waals surface area contributed by atoms with Gasteiger partial charge in [-0.25, -0.2) is 9.59 Å². The smallest absolute Gasteiger partial charge is 0.339 e. The van der Waals surface area contributed by atoms with Crippen LogP contribution in [0.2, 0.25) is 0 Å². The molecule has 0 aliphatic carbocycles. The Morgan fingerprint density at radius 3 is 2.47 bits per heavy atom. The quantitative estimate of drug-likeness (QED) is 0.736. The van der Waals surface area contributed by atoms with Gasteiger partial charge in [-0.2, -0.15) is 0 Å². The summed E-state index contributed by atoms with van der Waals surface area (Å²) in [6, 6.07) is 5.95. The topological polar surface area (TPSA) is 72.6 Å². The van der Waals surface area contributed by atoms with E-state index in [0.29, 0.717) is 11.3 Å². The van der Waals surface area contributed by atoms with E-state index in [1.807, 2.05) is 0 Å². The van der Waals surface area contributed by atoms with Crippen molar-refractivity contribution in [1.82, 2.24) is 0 Å². The Hall–Kier alpha value is -2.04. The van der Waals surface area contributed by atoms with E-state index in [1.54, 1.807) is 24.3 Å². The SMILES string of the molecule is COC(=O)c1ccccc1N(C)C(N)=O. The van der Waals surface area contributed by atoms with E-state index in [2.05, 4.69) is 4.74 Å². The van der Waals surface area contributed by atoms with Gasteiger partial charge in [-0.15, -0.1) is 0 Å². The molecular formula is C10H12N2O3. The van der Waals surface area contributed by atoms with E-state index >= 15 is 0 Å². The first-order chi connectivity index (χ1) is 7.07. The van der Waals surface area contributed by atoms with Gasteiger partial charge in [0.1, 0.15) is 0 Å². The highest BCUT2D eigenvalue weighted by atomic mass is 16.5. The van der Waals surface area contributed by atoms with Gasteiger partial charge in [-0.3, -0.25) is 4.90 Å². The number of primary amides is 1. The standard InChI is InChI=1S/C10H12N2O3/c1-12(10(11)14)8-6-4-3-5-7(8)9(13)15-2/h3-6H,1-2H3,(H2,11,14). The second-order valence-electron chi connectivity index (χ2n) is 2.91. The first kappa shape index (κ1) is 11.0. The molecule has 0 spiro atoms. The summed E-state index contributed by atoms with van der Waals surface area (Å²) in [6.07, 6.45) is 0. The minimum atomic E-state index is -0.633. The lowest BCUT2D eigenvalue weighted by Gasteiger charge is -2.16. The zero-order valence-electron chi connectivity index (χ0n) is 8.56. The number of amides is 2. The first-order valence-corrected chi connectivity index (χ1v) is 4.28. The molecule has 0 unspecified atom stereocenters. The van der Waals surface area contributed by atoms with E-state index in [0.717, 1.165) is 0 Å². The van der Waals surface area contributed by atoms with Crippen LogP contribution in [0.4, 0.5) is 10.5 Å². The molecule has 0 saturated carbocycles. The molecule has 2 N–H and O–H groups in total. The van der Waals surface area contributed by atoms with Crippen molar-refractivity contribution in [2.75, 3.05) is 19.1 Å². The third kappa shape index (κ3) is 2.25. The Morgan fingerprint density at radius 2 is 1.93 bits per heavy atom. The van der Waals surface area contributed by atoms with Crippen LogP contribution in [-0.4, -0.2) is 26.2 Å². The van der Waals surface area contributed by atoms with Crippen LogP contribution in [0.25, 0.3) is 0 Å². The third-order valence-electron chi connectivity index (χ3n) is 2.00. The normalized spacial score (nSPS) is 9.47. The number of benzene rings is 1. The molecule has 5 heteroatoms. The number of urea groups is 1. The molecular weight excluding hydrogens is 196 g/mol. The summed E-state index contributed by atoms with van der Waals surface area (Å²) < 4.78 is 4.59. The third-order valence-corrected chi connectivity index (χ3v) is 2.00. The number of hydrogen-bond acceptors (Lipinski definition) is 3. The number of para-hydroxylation sites is 1. The predicted octanol–water partition coefficient (Wildman–Crippen LogP) is 0.988. The largest absolute Gasteiger partial charge is 0.465 e. The fourth-order valence-electron chi connectivity index (χ4n) is 1.17. The summed E-state index contributed by atoms with van der Waals surface area (Å²) in [4.78, 5) is 23.5. The number of carbonyl (C=O) groups is 2. The predicted molar refractivity (Wildman–Crippen MR) is 55.8 cm³/mol. The Balaban J connectivity index is 3.17. The van der Waals surface area contributed by atoms with Gasteiger partial charge < -0.3 is 10.5 Å². The molecule has 0 radical (unpaired) electrons. The second-order valence-corrected chi connectivity index (χ2v) is 2.91. The zero-order chi connectivity index (χ0) is 11.4. The van der Waals surface area contributed by atoms with Gasteiger partial charge >= 0.3 is 12.0 Å². The summed E-state index contributed by atoms with van der Waals surface area (Å²) in [5.41, 5.74) is 5.85. The van der Waals surface area contributed by atoms with Crippen LogP contribution in [0.1, 0.15) is 10.4 Å². The maximum atomic E-state index is 11.4. The number of carbonyl (C=O) groups excluding carboxylic acids is 2. The van der Waals surface area contributed by atoms with Crippen LogP contribution in [0, 0.1) is 0 Å². The molecule has 0 bridgehead atoms. The molecule has 0 aliphatic rings. The Morgan fingerprint density at radius 1 is 1.33 bits per heavy atom. The van der Waals surface area contributed by atoms with Gasteiger partial charge in [-0.1, -0.05) is 12.1 Å². The molecule has 1 rings (SSSR count). The summed E-state index contributed by atoms with van der Waals surface area (Å²) in [5.74, 6) is -0.501.